The average Bonchev–Trinajstić information content (AvgIpc) is 3.26. The van der Waals surface area contributed by atoms with Gasteiger partial charge in [0.25, 0.3) is 5.91 Å². The minimum Gasteiger partial charge on any atom is -0.369 e. The van der Waals surface area contributed by atoms with Crippen LogP contribution in [0.5, 0.6) is 0 Å². The highest BCUT2D eigenvalue weighted by molar-refractivity contribution is 6.21. The van der Waals surface area contributed by atoms with E-state index in [4.69, 9.17) is 22.1 Å². The van der Waals surface area contributed by atoms with Crippen molar-refractivity contribution >= 4 is 23.3 Å². The summed E-state index contributed by atoms with van der Waals surface area (Å²) in [6, 6.07) is -0.298. The summed E-state index contributed by atoms with van der Waals surface area (Å²) in [5.74, 6) is -1.20. The van der Waals surface area contributed by atoms with Gasteiger partial charge in [-0.15, -0.1) is 11.6 Å². The van der Waals surface area contributed by atoms with E-state index in [0.717, 1.165) is 38.6 Å². The van der Waals surface area contributed by atoms with Gasteiger partial charge in [-0.2, -0.15) is 0 Å². The van der Waals surface area contributed by atoms with Crippen LogP contribution in [0.4, 0.5) is 4.39 Å². The highest BCUT2D eigenvalue weighted by Crippen LogP contribution is 2.46. The van der Waals surface area contributed by atoms with Gasteiger partial charge in [-0.05, 0) is 78.0 Å². The molecule has 36 heavy (non-hydrogen) atoms. The number of hydrogen-bond donors (Lipinski definition) is 3. The number of hydrogen-bond acceptors (Lipinski definition) is 7. The number of nitrogens with one attached hydrogen (secondary N) is 2. The van der Waals surface area contributed by atoms with Crippen LogP contribution in [0, 0.1) is 5.92 Å². The summed E-state index contributed by atoms with van der Waals surface area (Å²) < 4.78 is 22.1. The number of nitrogens with two attached hydrogens (primary N) is 1. The van der Waals surface area contributed by atoms with E-state index < -0.39 is 24.2 Å². The predicted octanol–water partition coefficient (Wildman–Crippen LogP) is 1.32. The Morgan fingerprint density at radius 1 is 1.28 bits per heavy atom. The van der Waals surface area contributed by atoms with Gasteiger partial charge in [0.1, 0.15) is 6.17 Å². The Morgan fingerprint density at radius 3 is 2.86 bits per heavy atom. The quantitative estimate of drug-likeness (QED) is 0.250. The molecular formula is C26H41ClFN5O3. The van der Waals surface area contributed by atoms with Crippen LogP contribution in [0.15, 0.2) is 11.8 Å². The first-order chi connectivity index (χ1) is 17.4. The van der Waals surface area contributed by atoms with Crippen molar-refractivity contribution in [3.05, 3.63) is 11.8 Å². The molecular weight excluding hydrogens is 485 g/mol. The van der Waals surface area contributed by atoms with E-state index in [2.05, 4.69) is 27.5 Å². The zero-order valence-corrected chi connectivity index (χ0v) is 22.0. The first-order valence-electron chi connectivity index (χ1n) is 13.8. The number of nitrogens with zero attached hydrogens (tertiary/aromatic N) is 2. The second kappa shape index (κ2) is 11.2. The van der Waals surface area contributed by atoms with Crippen molar-refractivity contribution in [3.8, 4) is 0 Å². The maximum atomic E-state index is 15.6. The molecule has 4 fully saturated rings. The standard InChI is InChI=1S/C26H41ClFN5O3/c1-32-11-2-4-16(32)7-10-31-26(35)18-14-33-20-6-5-15(27)12-21(20)36-25-22(30-9-3-8-29)19(28)13-17(23(25)33)24(18)34/h14-17,19-23,25,30H,2-13,29H2,1H3,(H,31,35). The Labute approximate surface area is 218 Å². The molecule has 0 bridgehead atoms. The number of morpholine rings is 1. The summed E-state index contributed by atoms with van der Waals surface area (Å²) in [4.78, 5) is 31.3. The summed E-state index contributed by atoms with van der Waals surface area (Å²) in [5, 5.41) is 6.31. The van der Waals surface area contributed by atoms with Crippen LogP contribution in [-0.2, 0) is 14.3 Å². The number of Topliss-reactive ketones (excluding diaryl/α,β-unsaturated/α-hetero) is 1. The lowest BCUT2D eigenvalue weighted by Crippen LogP contribution is -2.73. The SMILES string of the molecule is CN1CCCC1CCNC(=O)C1=CN2C3CCC(Cl)CC3OC3C(NCCCN)C(F)CC(C1=O)C32. The molecule has 5 aliphatic rings. The van der Waals surface area contributed by atoms with E-state index in [9.17, 15) is 9.59 Å². The van der Waals surface area contributed by atoms with Crippen molar-refractivity contribution < 1.29 is 18.7 Å². The van der Waals surface area contributed by atoms with Gasteiger partial charge >= 0.3 is 0 Å². The fourth-order valence-electron chi connectivity index (χ4n) is 7.13. The molecule has 0 aromatic rings. The third-order valence-corrected chi connectivity index (χ3v) is 9.44. The second-order valence-electron chi connectivity index (χ2n) is 11.3. The van der Waals surface area contributed by atoms with E-state index in [1.165, 1.54) is 6.42 Å². The molecule has 0 aromatic carbocycles. The molecule has 5 rings (SSSR count). The van der Waals surface area contributed by atoms with E-state index in [-0.39, 0.29) is 47.2 Å². The molecule has 2 aliphatic carbocycles. The molecule has 1 amide bonds. The highest BCUT2D eigenvalue weighted by Gasteiger charge is 2.58. The highest BCUT2D eigenvalue weighted by atomic mass is 35.5. The number of rotatable bonds is 8. The Balaban J connectivity index is 1.37. The maximum absolute atomic E-state index is 15.6. The predicted molar refractivity (Wildman–Crippen MR) is 136 cm³/mol. The number of amides is 1. The van der Waals surface area contributed by atoms with Crippen LogP contribution in [0.3, 0.4) is 0 Å². The number of ether oxygens (including phenoxy) is 1. The summed E-state index contributed by atoms with van der Waals surface area (Å²) in [6.07, 6.45) is 6.25. The number of carbonyl (C=O) groups is 2. The molecule has 202 valence electrons. The molecule has 3 heterocycles. The number of likely N-dealkylation sites (tertiary alicyclic amines) is 1. The Bertz CT molecular complexity index is 861. The molecule has 10 heteroatoms. The minimum atomic E-state index is -1.24. The van der Waals surface area contributed by atoms with Crippen LogP contribution in [0.1, 0.15) is 51.4 Å². The van der Waals surface area contributed by atoms with E-state index in [1.807, 2.05) is 0 Å². The van der Waals surface area contributed by atoms with Gasteiger partial charge in [-0.25, -0.2) is 4.39 Å². The van der Waals surface area contributed by atoms with Gasteiger partial charge in [-0.3, -0.25) is 9.59 Å². The van der Waals surface area contributed by atoms with Crippen molar-refractivity contribution in [1.82, 2.24) is 20.4 Å². The van der Waals surface area contributed by atoms with Crippen molar-refractivity contribution in [1.29, 1.82) is 0 Å². The monoisotopic (exact) mass is 525 g/mol. The van der Waals surface area contributed by atoms with Crippen molar-refractivity contribution in [2.45, 2.75) is 99.3 Å². The lowest BCUT2D eigenvalue weighted by atomic mass is 9.69. The number of carbonyl (C=O) groups excluding carboxylic acids is 2. The molecule has 4 N–H and O–H groups in total. The van der Waals surface area contributed by atoms with Crippen LogP contribution >= 0.6 is 11.6 Å². The fourth-order valence-corrected chi connectivity index (χ4v) is 7.43. The molecule has 9 atom stereocenters. The van der Waals surface area contributed by atoms with Gasteiger partial charge in [-0.1, -0.05) is 0 Å². The third-order valence-electron chi connectivity index (χ3n) is 9.04. The van der Waals surface area contributed by atoms with Gasteiger partial charge in [0.2, 0.25) is 0 Å². The first kappa shape index (κ1) is 26.4. The Hall–Kier alpha value is -1.26. The molecule has 2 saturated heterocycles. The Morgan fingerprint density at radius 2 is 2.11 bits per heavy atom. The number of alkyl halides is 2. The number of fused-ring (bicyclic) bond motifs is 2. The minimum absolute atomic E-state index is 0.0129. The van der Waals surface area contributed by atoms with E-state index >= 15 is 4.39 Å². The van der Waals surface area contributed by atoms with Crippen LogP contribution < -0.4 is 16.4 Å². The lowest BCUT2D eigenvalue weighted by Gasteiger charge is -2.59. The van der Waals surface area contributed by atoms with Crippen LogP contribution in [0.25, 0.3) is 0 Å². The largest absolute Gasteiger partial charge is 0.369 e. The van der Waals surface area contributed by atoms with Crippen LogP contribution in [-0.4, -0.2) is 103 Å². The van der Waals surface area contributed by atoms with Crippen LogP contribution in [0.2, 0.25) is 0 Å². The number of ketones is 1. The summed E-state index contributed by atoms with van der Waals surface area (Å²) >= 11 is 6.50. The summed E-state index contributed by atoms with van der Waals surface area (Å²) in [7, 11) is 2.11. The normalized spacial score (nSPS) is 40.4. The fraction of sp³-hybridized carbons (Fsp3) is 0.846. The van der Waals surface area contributed by atoms with Crippen molar-refractivity contribution in [2.75, 3.05) is 33.2 Å². The average molecular weight is 526 g/mol. The summed E-state index contributed by atoms with van der Waals surface area (Å²) in [5.41, 5.74) is 5.80. The van der Waals surface area contributed by atoms with E-state index in [1.54, 1.807) is 6.20 Å². The first-order valence-corrected chi connectivity index (χ1v) is 14.2. The lowest BCUT2D eigenvalue weighted by molar-refractivity contribution is -0.197. The molecule has 9 unspecified atom stereocenters. The van der Waals surface area contributed by atoms with Crippen molar-refractivity contribution in [3.63, 3.8) is 0 Å². The topological polar surface area (TPSA) is 99.9 Å². The third kappa shape index (κ3) is 5.06. The molecule has 8 nitrogen and oxygen atoms in total. The Kier molecular flexibility index (Phi) is 8.22. The van der Waals surface area contributed by atoms with Gasteiger partial charge in [0.15, 0.2) is 5.78 Å². The number of halogens is 2. The zero-order chi connectivity index (χ0) is 25.4. The van der Waals surface area contributed by atoms with Gasteiger partial charge in [0.05, 0.1) is 35.9 Å². The molecule has 0 radical (unpaired) electrons. The van der Waals surface area contributed by atoms with E-state index in [0.29, 0.717) is 32.1 Å². The van der Waals surface area contributed by atoms with Gasteiger partial charge < -0.3 is 30.9 Å². The molecule has 2 saturated carbocycles. The molecule has 0 spiro atoms. The maximum Gasteiger partial charge on any atom is 0.256 e. The summed E-state index contributed by atoms with van der Waals surface area (Å²) in [6.45, 7) is 2.73. The zero-order valence-electron chi connectivity index (χ0n) is 21.2. The molecule has 0 aromatic heterocycles. The van der Waals surface area contributed by atoms with Gasteiger partial charge in [0, 0.05) is 30.1 Å². The second-order valence-corrected chi connectivity index (χ2v) is 11.9. The van der Waals surface area contributed by atoms with Crippen molar-refractivity contribution in [2.24, 2.45) is 11.7 Å². The molecule has 3 aliphatic heterocycles. The smallest absolute Gasteiger partial charge is 0.256 e.